The molecular weight excluding hydrogens is 394 g/mol. The van der Waals surface area contributed by atoms with Crippen LogP contribution < -0.4 is 15.5 Å². The van der Waals surface area contributed by atoms with Gasteiger partial charge in [0.25, 0.3) is 0 Å². The van der Waals surface area contributed by atoms with Gasteiger partial charge in [-0.1, -0.05) is 12.1 Å². The van der Waals surface area contributed by atoms with E-state index < -0.39 is 26.9 Å². The lowest BCUT2D eigenvalue weighted by atomic mass is 10.2. The Bertz CT molecular complexity index is 953. The molecule has 0 aliphatic rings. The molecule has 0 saturated heterocycles. The van der Waals surface area contributed by atoms with Crippen molar-refractivity contribution in [3.05, 3.63) is 53.5 Å². The van der Waals surface area contributed by atoms with E-state index in [0.717, 1.165) is 10.5 Å². The van der Waals surface area contributed by atoms with Crippen molar-refractivity contribution in [3.63, 3.8) is 0 Å². The first kappa shape index (κ1) is 22.6. The maximum atomic E-state index is 13.3. The van der Waals surface area contributed by atoms with Gasteiger partial charge >= 0.3 is 11.8 Å². The monoisotopic (exact) mass is 422 g/mol. The zero-order valence-electron chi connectivity index (χ0n) is 17.1. The van der Waals surface area contributed by atoms with E-state index in [2.05, 4.69) is 10.6 Å². The van der Waals surface area contributed by atoms with Crippen molar-refractivity contribution in [2.75, 3.05) is 33.7 Å². The molecule has 0 saturated carbocycles. The summed E-state index contributed by atoms with van der Waals surface area (Å²) < 4.78 is 32.0. The minimum Gasteiger partial charge on any atom is -0.468 e. The van der Waals surface area contributed by atoms with Crippen LogP contribution in [-0.2, 0) is 19.4 Å². The maximum Gasteiger partial charge on any atom is 0.309 e. The third kappa shape index (κ3) is 5.91. The molecule has 1 aromatic carbocycles. The van der Waals surface area contributed by atoms with Gasteiger partial charge < -0.3 is 20.0 Å². The average molecular weight is 423 g/mol. The highest BCUT2D eigenvalue weighted by Crippen LogP contribution is 2.31. The first-order chi connectivity index (χ1) is 13.6. The van der Waals surface area contributed by atoms with Gasteiger partial charge in [-0.3, -0.25) is 9.59 Å². The van der Waals surface area contributed by atoms with Crippen LogP contribution >= 0.6 is 0 Å². The minimum atomic E-state index is -3.87. The van der Waals surface area contributed by atoms with Crippen LogP contribution in [0.2, 0.25) is 0 Å². The van der Waals surface area contributed by atoms with Gasteiger partial charge in [0.2, 0.25) is 0 Å². The second kappa shape index (κ2) is 9.71. The van der Waals surface area contributed by atoms with E-state index >= 15 is 0 Å². The average Bonchev–Trinajstić information content (AvgIpc) is 3.17. The number of sulfone groups is 1. The van der Waals surface area contributed by atoms with Gasteiger partial charge in [-0.15, -0.1) is 0 Å². The highest BCUT2D eigenvalue weighted by molar-refractivity contribution is 7.91. The van der Waals surface area contributed by atoms with Crippen molar-refractivity contribution in [3.8, 4) is 0 Å². The molecule has 0 aliphatic heterocycles. The lowest BCUT2D eigenvalue weighted by Gasteiger charge is -2.18. The van der Waals surface area contributed by atoms with E-state index in [1.807, 2.05) is 27.1 Å². The number of carbonyl (C=O) groups excluding carboxylic acids is 2. The smallest absolute Gasteiger partial charge is 0.309 e. The molecule has 29 heavy (non-hydrogen) atoms. The molecule has 0 spiro atoms. The highest BCUT2D eigenvalue weighted by atomic mass is 32.2. The Hall–Kier alpha value is -2.65. The van der Waals surface area contributed by atoms with Gasteiger partial charge in [-0.25, -0.2) is 8.42 Å². The summed E-state index contributed by atoms with van der Waals surface area (Å²) in [6, 6.07) is 8.29. The molecule has 0 bridgehead atoms. The third-order valence-corrected chi connectivity index (χ3v) is 6.65. The van der Waals surface area contributed by atoms with E-state index in [4.69, 9.17) is 4.42 Å². The number of carbonyl (C=O) groups is 2. The fraction of sp³-hybridized carbons (Fsp3) is 0.400. The molecule has 9 heteroatoms. The highest BCUT2D eigenvalue weighted by Gasteiger charge is 2.33. The number of nitrogens with one attached hydrogen (secondary N) is 3. The number of amides is 2. The van der Waals surface area contributed by atoms with Crippen molar-refractivity contribution in [1.82, 2.24) is 10.6 Å². The Kier molecular flexibility index (Phi) is 7.58. The van der Waals surface area contributed by atoms with Crippen LogP contribution in [0, 0.1) is 13.8 Å². The summed E-state index contributed by atoms with van der Waals surface area (Å²) in [7, 11) is -0.0125. The molecule has 2 amide bonds. The normalized spacial score (nSPS) is 12.6. The van der Waals surface area contributed by atoms with E-state index in [-0.39, 0.29) is 17.2 Å². The van der Waals surface area contributed by atoms with Crippen LogP contribution in [0.3, 0.4) is 0 Å². The topological polar surface area (TPSA) is 110 Å². The minimum absolute atomic E-state index is 0.173. The number of hydrogen-bond acceptors (Lipinski definition) is 5. The van der Waals surface area contributed by atoms with Crippen molar-refractivity contribution in [2.24, 2.45) is 0 Å². The number of aryl methyl sites for hydroxylation is 2. The zero-order chi connectivity index (χ0) is 21.6. The molecule has 3 N–H and O–H groups in total. The van der Waals surface area contributed by atoms with Crippen LogP contribution in [0.4, 0.5) is 0 Å². The molecule has 2 aromatic rings. The molecule has 1 aromatic heterocycles. The molecule has 158 valence electrons. The molecule has 0 radical (unpaired) electrons. The number of furan rings is 1. The lowest BCUT2D eigenvalue weighted by Crippen LogP contribution is -3.06. The van der Waals surface area contributed by atoms with Crippen molar-refractivity contribution in [1.29, 1.82) is 0 Å². The van der Waals surface area contributed by atoms with E-state index in [0.29, 0.717) is 18.7 Å². The number of hydrogen-bond donors (Lipinski definition) is 3. The van der Waals surface area contributed by atoms with Crippen molar-refractivity contribution >= 4 is 21.7 Å². The maximum absolute atomic E-state index is 13.3. The summed E-state index contributed by atoms with van der Waals surface area (Å²) in [6.45, 7) is 4.24. The van der Waals surface area contributed by atoms with Crippen molar-refractivity contribution in [2.45, 2.75) is 24.0 Å². The lowest BCUT2D eigenvalue weighted by molar-refractivity contribution is -0.856. The quantitative estimate of drug-likeness (QED) is 0.510. The van der Waals surface area contributed by atoms with E-state index in [1.54, 1.807) is 31.2 Å². The summed E-state index contributed by atoms with van der Waals surface area (Å²) in [5.41, 5.74) is 1.40. The Morgan fingerprint density at radius 1 is 1.10 bits per heavy atom. The van der Waals surface area contributed by atoms with Gasteiger partial charge in [0.05, 0.1) is 38.3 Å². The molecule has 2 rings (SSSR count). The van der Waals surface area contributed by atoms with Gasteiger partial charge in [-0.2, -0.15) is 0 Å². The molecule has 1 heterocycles. The molecular formula is C20H28N3O5S+. The number of likely N-dealkylation sites (N-methyl/N-ethyl adjacent to an activating group) is 1. The van der Waals surface area contributed by atoms with Crippen LogP contribution in [0.15, 0.2) is 45.9 Å². The predicted molar refractivity (Wildman–Crippen MR) is 108 cm³/mol. The van der Waals surface area contributed by atoms with Crippen LogP contribution in [-0.4, -0.2) is 54.0 Å². The molecule has 0 fully saturated rings. The molecule has 1 atom stereocenters. The van der Waals surface area contributed by atoms with Gasteiger partial charge in [-0.05, 0) is 43.2 Å². The van der Waals surface area contributed by atoms with Crippen LogP contribution in [0.5, 0.6) is 0 Å². The SMILES string of the molecule is Cc1ccc(C)c(S(=O)(=O)[C@@H](CNC(=O)C(=O)NCC[NH+](C)C)c2ccco2)c1. The van der Waals surface area contributed by atoms with E-state index in [1.165, 1.54) is 6.26 Å². The van der Waals surface area contributed by atoms with Crippen molar-refractivity contribution < 1.29 is 27.3 Å². The Morgan fingerprint density at radius 2 is 1.79 bits per heavy atom. The standard InChI is InChI=1S/C20H27N3O5S/c1-14-7-8-15(2)17(12-14)29(26,27)18(16-6-5-11-28-16)13-22-20(25)19(24)21-9-10-23(3)4/h5-8,11-12,18H,9-10,13H2,1-4H3,(H,21,24)(H,22,25)/p+1/t18-/m0/s1. The number of benzene rings is 1. The summed E-state index contributed by atoms with van der Waals surface area (Å²) >= 11 is 0. The van der Waals surface area contributed by atoms with E-state index in [9.17, 15) is 18.0 Å². The molecule has 8 nitrogen and oxygen atoms in total. The third-order valence-electron chi connectivity index (χ3n) is 4.45. The summed E-state index contributed by atoms with van der Waals surface area (Å²) in [4.78, 5) is 25.4. The van der Waals surface area contributed by atoms with Crippen LogP contribution in [0.25, 0.3) is 0 Å². The Morgan fingerprint density at radius 3 is 2.41 bits per heavy atom. The van der Waals surface area contributed by atoms with Gasteiger partial charge in [0.15, 0.2) is 9.84 Å². The molecule has 0 aliphatic carbocycles. The Balaban J connectivity index is 2.19. The fourth-order valence-corrected chi connectivity index (χ4v) is 4.69. The summed E-state index contributed by atoms with van der Waals surface area (Å²) in [5, 5.41) is 3.78. The number of quaternary nitrogens is 1. The fourth-order valence-electron chi connectivity index (χ4n) is 2.78. The summed E-state index contributed by atoms with van der Waals surface area (Å²) in [5.74, 6) is -1.48. The second-order valence-corrected chi connectivity index (χ2v) is 9.34. The first-order valence-electron chi connectivity index (χ1n) is 9.32. The van der Waals surface area contributed by atoms with Gasteiger partial charge in [0, 0.05) is 6.54 Å². The summed E-state index contributed by atoms with van der Waals surface area (Å²) in [6.07, 6.45) is 1.37. The second-order valence-electron chi connectivity index (χ2n) is 7.24. The van der Waals surface area contributed by atoms with Crippen LogP contribution in [0.1, 0.15) is 22.1 Å². The van der Waals surface area contributed by atoms with Gasteiger partial charge in [0.1, 0.15) is 11.0 Å². The predicted octanol–water partition coefficient (Wildman–Crippen LogP) is -0.212. The largest absolute Gasteiger partial charge is 0.468 e. The Labute approximate surface area is 171 Å². The zero-order valence-corrected chi connectivity index (χ0v) is 17.9. The number of rotatable bonds is 8. The molecule has 0 unspecified atom stereocenters. The first-order valence-corrected chi connectivity index (χ1v) is 10.9.